The van der Waals surface area contributed by atoms with Gasteiger partial charge in [-0.3, -0.25) is 0 Å². The number of rotatable bonds is 14. The Bertz CT molecular complexity index is 1620. The highest BCUT2D eigenvalue weighted by molar-refractivity contribution is 8.00. The lowest BCUT2D eigenvalue weighted by Gasteiger charge is -2.50. The van der Waals surface area contributed by atoms with Crippen LogP contribution < -0.4 is 0 Å². The maximum Gasteiger partial charge on any atom is 0.186 e. The highest BCUT2D eigenvalue weighted by Crippen LogP contribution is 2.43. The Balaban J connectivity index is 1.17. The molecule has 4 aromatic carbocycles. The van der Waals surface area contributed by atoms with Crippen LogP contribution in [0.25, 0.3) is 0 Å². The standard InChI is InChI=1S/C41H46O10S/c1-44-40-34(43)33(42)38(32(49-40)25-45-22-27-14-6-2-7-15-27)52-41-37(47-24-29-18-10-4-11-19-29)36(46-23-28-16-8-3-9-17-28)35-31(50-41)26-48-39(51-35)30-20-12-5-13-21-30/h2-21,31-43H,22-26H2,1H3/t31-,32-,33-,34-,35-,36+,37+,38-,39-,40+,41+/m1/s1. The number of aliphatic hydroxyl groups is 2. The Hall–Kier alpha value is -3.17. The zero-order valence-corrected chi connectivity index (χ0v) is 29.8. The summed E-state index contributed by atoms with van der Waals surface area (Å²) in [6.45, 7) is 1.35. The van der Waals surface area contributed by atoms with E-state index in [4.69, 9.17) is 37.9 Å². The maximum absolute atomic E-state index is 11.6. The first-order valence-corrected chi connectivity index (χ1v) is 18.6. The summed E-state index contributed by atoms with van der Waals surface area (Å²) >= 11 is 1.33. The van der Waals surface area contributed by atoms with Crippen molar-refractivity contribution in [2.24, 2.45) is 0 Å². The molecule has 0 amide bonds. The molecule has 10 nitrogen and oxygen atoms in total. The maximum atomic E-state index is 11.6. The molecule has 2 N–H and O–H groups in total. The number of benzene rings is 4. The highest BCUT2D eigenvalue weighted by atomic mass is 32.2. The van der Waals surface area contributed by atoms with Gasteiger partial charge in [0.1, 0.15) is 36.0 Å². The van der Waals surface area contributed by atoms with Gasteiger partial charge in [0.05, 0.1) is 50.5 Å². The van der Waals surface area contributed by atoms with Crippen molar-refractivity contribution < 1.29 is 48.1 Å². The molecule has 0 spiro atoms. The van der Waals surface area contributed by atoms with Gasteiger partial charge in [0.15, 0.2) is 12.6 Å². The number of fused-ring (bicyclic) bond motifs is 1. The second-order valence-electron chi connectivity index (χ2n) is 13.1. The largest absolute Gasteiger partial charge is 0.389 e. The fourth-order valence-corrected chi connectivity index (χ4v) is 8.30. The fraction of sp³-hybridized carbons (Fsp3) is 0.415. The highest BCUT2D eigenvalue weighted by Gasteiger charge is 2.54. The van der Waals surface area contributed by atoms with Gasteiger partial charge in [0.2, 0.25) is 0 Å². The molecule has 0 bridgehead atoms. The van der Waals surface area contributed by atoms with E-state index in [0.717, 1.165) is 22.3 Å². The Morgan fingerprint density at radius 3 is 1.81 bits per heavy atom. The molecule has 52 heavy (non-hydrogen) atoms. The minimum absolute atomic E-state index is 0.142. The molecule has 3 aliphatic heterocycles. The van der Waals surface area contributed by atoms with Crippen molar-refractivity contribution in [2.75, 3.05) is 20.3 Å². The predicted molar refractivity (Wildman–Crippen MR) is 194 cm³/mol. The molecule has 7 rings (SSSR count). The van der Waals surface area contributed by atoms with Crippen molar-refractivity contribution in [1.29, 1.82) is 0 Å². The van der Waals surface area contributed by atoms with Gasteiger partial charge in [-0.05, 0) is 16.7 Å². The molecule has 11 atom stereocenters. The molecular weight excluding hydrogens is 685 g/mol. The Kier molecular flexibility index (Phi) is 13.0. The summed E-state index contributed by atoms with van der Waals surface area (Å²) in [6, 6.07) is 39.5. The van der Waals surface area contributed by atoms with E-state index in [1.54, 1.807) is 0 Å². The van der Waals surface area contributed by atoms with Gasteiger partial charge < -0.3 is 48.1 Å². The molecule has 0 saturated carbocycles. The van der Waals surface area contributed by atoms with E-state index < -0.39 is 66.0 Å². The number of aliphatic hydroxyl groups excluding tert-OH is 2. The summed E-state index contributed by atoms with van der Waals surface area (Å²) in [5.74, 6) is 0. The van der Waals surface area contributed by atoms with Gasteiger partial charge in [0.25, 0.3) is 0 Å². The molecule has 4 aromatic rings. The van der Waals surface area contributed by atoms with E-state index >= 15 is 0 Å². The quantitative estimate of drug-likeness (QED) is 0.174. The van der Waals surface area contributed by atoms with Crippen molar-refractivity contribution in [3.63, 3.8) is 0 Å². The second kappa shape index (κ2) is 18.2. The average molecular weight is 731 g/mol. The first-order chi connectivity index (χ1) is 25.6. The van der Waals surface area contributed by atoms with Crippen LogP contribution in [0.5, 0.6) is 0 Å². The van der Waals surface area contributed by atoms with Crippen molar-refractivity contribution in [1.82, 2.24) is 0 Å². The minimum Gasteiger partial charge on any atom is -0.389 e. The summed E-state index contributed by atoms with van der Waals surface area (Å²) in [5.41, 5.74) is 3.20. The number of ether oxygens (including phenoxy) is 8. The zero-order valence-electron chi connectivity index (χ0n) is 29.0. The smallest absolute Gasteiger partial charge is 0.186 e. The topological polar surface area (TPSA) is 114 Å². The van der Waals surface area contributed by atoms with E-state index in [2.05, 4.69) is 0 Å². The van der Waals surface area contributed by atoms with Crippen molar-refractivity contribution in [3.05, 3.63) is 144 Å². The summed E-state index contributed by atoms with van der Waals surface area (Å²) in [6.07, 6.45) is -7.15. The lowest BCUT2D eigenvalue weighted by molar-refractivity contribution is -0.330. The normalized spacial score (nSPS) is 31.9. The van der Waals surface area contributed by atoms with Crippen LogP contribution in [0.15, 0.2) is 121 Å². The third kappa shape index (κ3) is 9.12. The van der Waals surface area contributed by atoms with E-state index in [1.165, 1.54) is 18.9 Å². The van der Waals surface area contributed by atoms with Crippen LogP contribution in [0.1, 0.15) is 28.5 Å². The first-order valence-electron chi connectivity index (χ1n) is 17.7. The molecule has 0 radical (unpaired) electrons. The van der Waals surface area contributed by atoms with Gasteiger partial charge in [-0.2, -0.15) is 0 Å². The monoisotopic (exact) mass is 730 g/mol. The Morgan fingerprint density at radius 1 is 0.654 bits per heavy atom. The second-order valence-corrected chi connectivity index (χ2v) is 14.4. The molecule has 11 heteroatoms. The molecule has 3 aliphatic rings. The number of thioether (sulfide) groups is 1. The van der Waals surface area contributed by atoms with Gasteiger partial charge in [0, 0.05) is 12.7 Å². The molecule has 3 fully saturated rings. The van der Waals surface area contributed by atoms with Gasteiger partial charge >= 0.3 is 0 Å². The summed E-state index contributed by atoms with van der Waals surface area (Å²) in [7, 11) is 1.44. The van der Waals surface area contributed by atoms with Gasteiger partial charge in [-0.15, -0.1) is 11.8 Å². The number of hydrogen-bond donors (Lipinski definition) is 2. The lowest BCUT2D eigenvalue weighted by atomic mass is 9.98. The van der Waals surface area contributed by atoms with Gasteiger partial charge in [-0.1, -0.05) is 121 Å². The summed E-state index contributed by atoms with van der Waals surface area (Å²) < 4.78 is 51.0. The van der Waals surface area contributed by atoms with Crippen LogP contribution in [0.3, 0.4) is 0 Å². The first kappa shape index (κ1) is 37.2. The summed E-state index contributed by atoms with van der Waals surface area (Å²) in [4.78, 5) is 0. The van der Waals surface area contributed by atoms with Gasteiger partial charge in [-0.25, -0.2) is 0 Å². The number of hydrogen-bond acceptors (Lipinski definition) is 11. The lowest BCUT2D eigenvalue weighted by Crippen LogP contribution is -2.64. The van der Waals surface area contributed by atoms with Crippen LogP contribution in [-0.2, 0) is 57.7 Å². The molecule has 3 heterocycles. The van der Waals surface area contributed by atoms with Crippen LogP contribution in [0.4, 0.5) is 0 Å². The zero-order chi connectivity index (χ0) is 35.7. The van der Waals surface area contributed by atoms with Crippen molar-refractivity contribution in [2.45, 2.75) is 85.8 Å². The molecule has 276 valence electrons. The molecule has 0 aliphatic carbocycles. The Labute approximate surface area is 308 Å². The van der Waals surface area contributed by atoms with Crippen molar-refractivity contribution in [3.8, 4) is 0 Å². The third-order valence-corrected chi connectivity index (χ3v) is 11.0. The molecular formula is C41H46O10S. The fourth-order valence-electron chi connectivity index (χ4n) is 6.76. The average Bonchev–Trinajstić information content (AvgIpc) is 3.20. The van der Waals surface area contributed by atoms with E-state index in [9.17, 15) is 10.2 Å². The van der Waals surface area contributed by atoms with E-state index in [0.29, 0.717) is 13.2 Å². The Morgan fingerprint density at radius 2 is 1.21 bits per heavy atom. The van der Waals surface area contributed by atoms with E-state index in [1.807, 2.05) is 121 Å². The van der Waals surface area contributed by atoms with Crippen LogP contribution in [-0.4, -0.2) is 90.2 Å². The van der Waals surface area contributed by atoms with Crippen LogP contribution >= 0.6 is 11.8 Å². The molecule has 0 unspecified atom stereocenters. The number of methoxy groups -OCH3 is 1. The van der Waals surface area contributed by atoms with Crippen molar-refractivity contribution >= 4 is 11.8 Å². The van der Waals surface area contributed by atoms with Crippen LogP contribution in [0.2, 0.25) is 0 Å². The predicted octanol–water partition coefficient (Wildman–Crippen LogP) is 5.41. The molecule has 0 aromatic heterocycles. The van der Waals surface area contributed by atoms with E-state index in [-0.39, 0.29) is 19.8 Å². The van der Waals surface area contributed by atoms with Crippen LogP contribution in [0, 0.1) is 0 Å². The summed E-state index contributed by atoms with van der Waals surface area (Å²) in [5, 5.41) is 22.0. The third-order valence-electron chi connectivity index (χ3n) is 9.48. The SMILES string of the molecule is CO[C@H]1O[C@H](COCc2ccccc2)[C@@H](S[C@@H]2O[C@@H]3CO[C@@H](c4ccccc4)O[C@H]3[C@H](OCc3ccccc3)[C@@H]2OCc2ccccc2)[C@H](O)[C@H]1O. The minimum atomic E-state index is -1.30. The molecule has 3 saturated heterocycles.